The molecule has 7 heteroatoms. The summed E-state index contributed by atoms with van der Waals surface area (Å²) in [6.07, 6.45) is -0.339. The number of methoxy groups -OCH3 is 1. The van der Waals surface area contributed by atoms with Gasteiger partial charge in [0.1, 0.15) is 0 Å². The summed E-state index contributed by atoms with van der Waals surface area (Å²) in [5.41, 5.74) is 2.15. The van der Waals surface area contributed by atoms with E-state index in [4.69, 9.17) is 21.1 Å². The fourth-order valence-corrected chi connectivity index (χ4v) is 4.19. The summed E-state index contributed by atoms with van der Waals surface area (Å²) in [6.45, 7) is 1.96. The normalized spacial score (nSPS) is 11.8. The van der Waals surface area contributed by atoms with Gasteiger partial charge in [0.25, 0.3) is 0 Å². The smallest absolute Gasteiger partial charge is 0.196 e. The van der Waals surface area contributed by atoms with E-state index < -0.39 is 0 Å². The zero-order valence-corrected chi connectivity index (χ0v) is 18.8. The zero-order chi connectivity index (χ0) is 21.6. The van der Waals surface area contributed by atoms with Gasteiger partial charge in [-0.25, -0.2) is 0 Å². The molecular formula is C24H22ClN3O2S. The first-order valence-corrected chi connectivity index (χ1v) is 11.2. The molecule has 0 saturated heterocycles. The van der Waals surface area contributed by atoms with Crippen LogP contribution in [0.3, 0.4) is 0 Å². The molecule has 3 aromatic carbocycles. The Kier molecular flexibility index (Phi) is 6.79. The number of hydrogen-bond donors (Lipinski definition) is 0. The van der Waals surface area contributed by atoms with Gasteiger partial charge < -0.3 is 9.47 Å². The molecule has 4 rings (SSSR count). The van der Waals surface area contributed by atoms with Crippen molar-refractivity contribution in [1.82, 2.24) is 14.8 Å². The second kappa shape index (κ2) is 9.90. The van der Waals surface area contributed by atoms with E-state index >= 15 is 0 Å². The Labute approximate surface area is 191 Å². The lowest BCUT2D eigenvalue weighted by Crippen LogP contribution is -2.12. The third-order valence-electron chi connectivity index (χ3n) is 4.69. The summed E-state index contributed by atoms with van der Waals surface area (Å²) >= 11 is 7.62. The Balaban J connectivity index is 1.63. The molecule has 0 N–H and O–H groups in total. The quantitative estimate of drug-likeness (QED) is 0.291. The standard InChI is InChI=1S/C24H22ClN3O2S/c1-17(30-22-11-7-6-10-21(22)29-2)23-26-27-24(28(23)20-8-4-3-5-9-20)31-16-18-12-14-19(25)15-13-18/h3-15,17H,16H2,1-2H3. The van der Waals surface area contributed by atoms with Gasteiger partial charge in [0.15, 0.2) is 28.6 Å². The number of rotatable bonds is 8. The molecular weight excluding hydrogens is 430 g/mol. The molecule has 158 valence electrons. The van der Waals surface area contributed by atoms with Crippen molar-refractivity contribution >= 4 is 23.4 Å². The van der Waals surface area contributed by atoms with Crippen molar-refractivity contribution in [3.63, 3.8) is 0 Å². The maximum atomic E-state index is 6.20. The molecule has 0 bridgehead atoms. The van der Waals surface area contributed by atoms with Gasteiger partial charge in [-0.3, -0.25) is 4.57 Å². The molecule has 1 aromatic heterocycles. The minimum absolute atomic E-state index is 0.339. The molecule has 1 unspecified atom stereocenters. The monoisotopic (exact) mass is 451 g/mol. The predicted molar refractivity (Wildman–Crippen MR) is 124 cm³/mol. The summed E-state index contributed by atoms with van der Waals surface area (Å²) in [5.74, 6) is 2.81. The first-order chi connectivity index (χ1) is 15.2. The van der Waals surface area contributed by atoms with Crippen LogP contribution in [-0.2, 0) is 5.75 Å². The number of para-hydroxylation sites is 3. The molecule has 0 aliphatic carbocycles. The molecule has 0 aliphatic rings. The number of aromatic nitrogens is 3. The highest BCUT2D eigenvalue weighted by Crippen LogP contribution is 2.33. The SMILES string of the molecule is COc1ccccc1OC(C)c1nnc(SCc2ccc(Cl)cc2)n1-c1ccccc1. The van der Waals surface area contributed by atoms with Crippen molar-refractivity contribution < 1.29 is 9.47 Å². The van der Waals surface area contributed by atoms with Crippen LogP contribution in [0.4, 0.5) is 0 Å². The van der Waals surface area contributed by atoms with Crippen LogP contribution < -0.4 is 9.47 Å². The van der Waals surface area contributed by atoms with Crippen molar-refractivity contribution in [1.29, 1.82) is 0 Å². The van der Waals surface area contributed by atoms with Gasteiger partial charge in [-0.2, -0.15) is 0 Å². The van der Waals surface area contributed by atoms with Crippen LogP contribution in [0.5, 0.6) is 11.5 Å². The molecule has 4 aromatic rings. The first-order valence-electron chi connectivity index (χ1n) is 9.83. The Hall–Kier alpha value is -2.96. The number of thioether (sulfide) groups is 1. The molecule has 0 radical (unpaired) electrons. The summed E-state index contributed by atoms with van der Waals surface area (Å²) in [4.78, 5) is 0. The molecule has 1 heterocycles. The summed E-state index contributed by atoms with van der Waals surface area (Å²) in [7, 11) is 1.63. The van der Waals surface area contributed by atoms with E-state index in [0.29, 0.717) is 11.5 Å². The largest absolute Gasteiger partial charge is 0.493 e. The van der Waals surface area contributed by atoms with Gasteiger partial charge >= 0.3 is 0 Å². The van der Waals surface area contributed by atoms with Gasteiger partial charge in [-0.1, -0.05) is 65.8 Å². The molecule has 1 atom stereocenters. The van der Waals surface area contributed by atoms with E-state index in [1.54, 1.807) is 18.9 Å². The highest BCUT2D eigenvalue weighted by molar-refractivity contribution is 7.98. The lowest BCUT2D eigenvalue weighted by Gasteiger charge is -2.18. The summed E-state index contributed by atoms with van der Waals surface area (Å²) in [6, 6.07) is 25.5. The fraction of sp³-hybridized carbons (Fsp3) is 0.167. The van der Waals surface area contributed by atoms with Crippen molar-refractivity contribution in [3.8, 4) is 17.2 Å². The molecule has 0 saturated carbocycles. The Bertz CT molecular complexity index is 1130. The van der Waals surface area contributed by atoms with Gasteiger partial charge in [0, 0.05) is 16.5 Å². The second-order valence-corrected chi connectivity index (χ2v) is 8.22. The number of halogens is 1. The predicted octanol–water partition coefficient (Wildman–Crippen LogP) is 6.36. The summed E-state index contributed by atoms with van der Waals surface area (Å²) in [5, 5.41) is 10.5. The number of nitrogens with zero attached hydrogens (tertiary/aromatic N) is 3. The zero-order valence-electron chi connectivity index (χ0n) is 17.2. The Morgan fingerprint density at radius 2 is 1.58 bits per heavy atom. The van der Waals surface area contributed by atoms with Crippen LogP contribution in [-0.4, -0.2) is 21.9 Å². The van der Waals surface area contributed by atoms with Crippen molar-refractivity contribution in [2.75, 3.05) is 7.11 Å². The summed E-state index contributed by atoms with van der Waals surface area (Å²) < 4.78 is 13.7. The van der Waals surface area contributed by atoms with Gasteiger partial charge in [0.2, 0.25) is 0 Å². The van der Waals surface area contributed by atoms with Crippen LogP contribution in [0.1, 0.15) is 24.4 Å². The number of hydrogen-bond acceptors (Lipinski definition) is 5. The fourth-order valence-electron chi connectivity index (χ4n) is 3.15. The topological polar surface area (TPSA) is 49.2 Å². The van der Waals surface area contributed by atoms with Gasteiger partial charge in [-0.05, 0) is 48.9 Å². The van der Waals surface area contributed by atoms with E-state index in [1.807, 2.05) is 90.4 Å². The van der Waals surface area contributed by atoms with Crippen LogP contribution in [0.15, 0.2) is 84.0 Å². The van der Waals surface area contributed by atoms with Gasteiger partial charge in [-0.15, -0.1) is 10.2 Å². The molecule has 5 nitrogen and oxygen atoms in total. The second-order valence-electron chi connectivity index (χ2n) is 6.84. The minimum atomic E-state index is -0.339. The lowest BCUT2D eigenvalue weighted by atomic mass is 10.2. The molecule has 0 fully saturated rings. The van der Waals surface area contributed by atoms with Gasteiger partial charge in [0.05, 0.1) is 7.11 Å². The maximum absolute atomic E-state index is 6.20. The van der Waals surface area contributed by atoms with E-state index in [2.05, 4.69) is 10.2 Å². The van der Waals surface area contributed by atoms with E-state index in [1.165, 1.54) is 0 Å². The molecule has 0 spiro atoms. The Morgan fingerprint density at radius 1 is 0.903 bits per heavy atom. The number of ether oxygens (including phenoxy) is 2. The average Bonchev–Trinajstić information content (AvgIpc) is 3.24. The molecule has 0 amide bonds. The minimum Gasteiger partial charge on any atom is -0.493 e. The first kappa shape index (κ1) is 21.3. The van der Waals surface area contributed by atoms with Crippen LogP contribution >= 0.6 is 23.4 Å². The average molecular weight is 452 g/mol. The van der Waals surface area contributed by atoms with Crippen LogP contribution in [0.2, 0.25) is 5.02 Å². The maximum Gasteiger partial charge on any atom is 0.196 e. The molecule has 31 heavy (non-hydrogen) atoms. The number of benzene rings is 3. The third-order valence-corrected chi connectivity index (χ3v) is 5.94. The lowest BCUT2D eigenvalue weighted by molar-refractivity contribution is 0.204. The van der Waals surface area contributed by atoms with Crippen molar-refractivity contribution in [3.05, 3.63) is 95.3 Å². The third kappa shape index (κ3) is 5.03. The highest BCUT2D eigenvalue weighted by Gasteiger charge is 2.22. The van der Waals surface area contributed by atoms with E-state index in [9.17, 15) is 0 Å². The molecule has 0 aliphatic heterocycles. The van der Waals surface area contributed by atoms with E-state index in [0.717, 1.165) is 33.0 Å². The Morgan fingerprint density at radius 3 is 2.29 bits per heavy atom. The van der Waals surface area contributed by atoms with E-state index in [-0.39, 0.29) is 6.10 Å². The van der Waals surface area contributed by atoms with Crippen LogP contribution in [0.25, 0.3) is 5.69 Å². The van der Waals surface area contributed by atoms with Crippen molar-refractivity contribution in [2.24, 2.45) is 0 Å². The highest BCUT2D eigenvalue weighted by atomic mass is 35.5. The van der Waals surface area contributed by atoms with Crippen molar-refractivity contribution in [2.45, 2.75) is 23.9 Å². The van der Waals surface area contributed by atoms with Crippen LogP contribution in [0, 0.1) is 0 Å².